The van der Waals surface area contributed by atoms with E-state index in [0.717, 1.165) is 37.3 Å². The first kappa shape index (κ1) is 17.1. The molecule has 1 aliphatic heterocycles. The predicted molar refractivity (Wildman–Crippen MR) is 91.0 cm³/mol. The van der Waals surface area contributed by atoms with Crippen LogP contribution in [-0.2, 0) is 16.1 Å². The van der Waals surface area contributed by atoms with Crippen molar-refractivity contribution in [2.24, 2.45) is 0 Å². The number of para-hydroxylation sites is 1. The molecule has 132 valence electrons. The van der Waals surface area contributed by atoms with Gasteiger partial charge < -0.3 is 10.1 Å². The number of nitrogens with one attached hydrogen (secondary N) is 1. The summed E-state index contributed by atoms with van der Waals surface area (Å²) in [6.07, 6.45) is 2.55. The number of amides is 1. The zero-order valence-electron chi connectivity index (χ0n) is 14.3. The Morgan fingerprint density at radius 2 is 2.16 bits per heavy atom. The summed E-state index contributed by atoms with van der Waals surface area (Å²) in [7, 11) is 1.32. The summed E-state index contributed by atoms with van der Waals surface area (Å²) in [5, 5.41) is 10.8. The van der Waals surface area contributed by atoms with E-state index in [2.05, 4.69) is 25.3 Å². The molecule has 2 aromatic rings. The molecule has 1 fully saturated rings. The average molecular weight is 343 g/mol. The molecule has 0 radical (unpaired) electrons. The van der Waals surface area contributed by atoms with Crippen LogP contribution in [0.1, 0.15) is 35.4 Å². The molecule has 1 aromatic heterocycles. The first-order chi connectivity index (χ1) is 12.1. The van der Waals surface area contributed by atoms with Crippen LogP contribution in [0.2, 0.25) is 0 Å². The molecule has 1 amide bonds. The van der Waals surface area contributed by atoms with Crippen LogP contribution in [-0.4, -0.2) is 52.0 Å². The molecule has 0 spiro atoms. The molecule has 1 aromatic carbocycles. The van der Waals surface area contributed by atoms with Gasteiger partial charge in [0, 0.05) is 32.2 Å². The zero-order chi connectivity index (χ0) is 17.8. The minimum atomic E-state index is -0.481. The lowest BCUT2D eigenvalue weighted by Crippen LogP contribution is -2.22. The van der Waals surface area contributed by atoms with E-state index in [1.807, 2.05) is 24.3 Å². The molecule has 3 rings (SSSR count). The Hall–Kier alpha value is -2.74. The normalized spacial score (nSPS) is 17.4. The number of anilines is 1. The topological polar surface area (TPSA) is 89.4 Å². The summed E-state index contributed by atoms with van der Waals surface area (Å²) in [6, 6.07) is 7.96. The Kier molecular flexibility index (Phi) is 5.08. The van der Waals surface area contributed by atoms with Crippen LogP contribution in [0.5, 0.6) is 0 Å². The van der Waals surface area contributed by atoms with Crippen LogP contribution in [0, 0.1) is 0 Å². The molecule has 1 atom stereocenters. The second-order valence-corrected chi connectivity index (χ2v) is 6.09. The van der Waals surface area contributed by atoms with Gasteiger partial charge in [0.15, 0.2) is 5.69 Å². The predicted octanol–water partition coefficient (Wildman–Crippen LogP) is 1.47. The monoisotopic (exact) mass is 343 g/mol. The maximum absolute atomic E-state index is 11.5. The van der Waals surface area contributed by atoms with Crippen molar-refractivity contribution in [2.75, 3.05) is 25.5 Å². The van der Waals surface area contributed by atoms with Crippen LogP contribution in [0.15, 0.2) is 30.5 Å². The smallest absolute Gasteiger partial charge is 0.360 e. The van der Waals surface area contributed by atoms with Crippen LogP contribution >= 0.6 is 0 Å². The van der Waals surface area contributed by atoms with E-state index < -0.39 is 5.97 Å². The first-order valence-electron chi connectivity index (χ1n) is 8.15. The second kappa shape index (κ2) is 7.43. The third-order valence-corrected chi connectivity index (χ3v) is 4.25. The fourth-order valence-corrected chi connectivity index (χ4v) is 3.04. The number of ether oxygens (including phenoxy) is 1. The summed E-state index contributed by atoms with van der Waals surface area (Å²) in [4.78, 5) is 25.1. The minimum absolute atomic E-state index is 0.0790. The van der Waals surface area contributed by atoms with Gasteiger partial charge in [0.05, 0.1) is 19.3 Å². The fourth-order valence-electron chi connectivity index (χ4n) is 3.04. The molecule has 2 heterocycles. The highest BCUT2D eigenvalue weighted by Crippen LogP contribution is 2.25. The van der Waals surface area contributed by atoms with Crippen LogP contribution < -0.4 is 5.32 Å². The Bertz CT molecular complexity index is 773. The molecular formula is C17H21N5O3. The van der Waals surface area contributed by atoms with Gasteiger partial charge in [0.2, 0.25) is 5.91 Å². The van der Waals surface area contributed by atoms with Gasteiger partial charge in [-0.25, -0.2) is 9.48 Å². The molecule has 8 nitrogen and oxygen atoms in total. The molecule has 0 aliphatic carbocycles. The van der Waals surface area contributed by atoms with Crippen molar-refractivity contribution >= 4 is 17.6 Å². The van der Waals surface area contributed by atoms with Crippen molar-refractivity contribution in [3.63, 3.8) is 0 Å². The number of aromatic nitrogens is 3. The Balaban J connectivity index is 1.65. The lowest BCUT2D eigenvalue weighted by atomic mass is 10.1. The number of methoxy groups -OCH3 is 1. The minimum Gasteiger partial charge on any atom is -0.464 e. The maximum atomic E-state index is 11.5. The lowest BCUT2D eigenvalue weighted by molar-refractivity contribution is -0.114. The number of hydrogen-bond acceptors (Lipinski definition) is 6. The molecular weight excluding hydrogens is 322 g/mol. The number of carbonyl (C=O) groups is 2. The van der Waals surface area contributed by atoms with Gasteiger partial charge >= 0.3 is 5.97 Å². The molecule has 1 unspecified atom stereocenters. The number of benzene rings is 1. The van der Waals surface area contributed by atoms with Crippen molar-refractivity contribution in [3.8, 4) is 0 Å². The van der Waals surface area contributed by atoms with Gasteiger partial charge in [-0.2, -0.15) is 0 Å². The molecule has 1 aliphatic rings. The number of rotatable bonds is 5. The molecule has 0 saturated carbocycles. The number of nitrogens with zero attached hydrogens (tertiary/aromatic N) is 4. The van der Waals surface area contributed by atoms with E-state index in [1.54, 1.807) is 10.9 Å². The van der Waals surface area contributed by atoms with Crippen molar-refractivity contribution in [3.05, 3.63) is 41.7 Å². The van der Waals surface area contributed by atoms with Crippen LogP contribution in [0.25, 0.3) is 0 Å². The number of carbonyl (C=O) groups excluding carboxylic acids is 2. The van der Waals surface area contributed by atoms with E-state index >= 15 is 0 Å². The van der Waals surface area contributed by atoms with E-state index in [4.69, 9.17) is 0 Å². The third kappa shape index (κ3) is 4.03. The Labute approximate surface area is 145 Å². The van der Waals surface area contributed by atoms with Gasteiger partial charge in [-0.1, -0.05) is 23.4 Å². The van der Waals surface area contributed by atoms with Crippen LogP contribution in [0.4, 0.5) is 5.69 Å². The van der Waals surface area contributed by atoms with E-state index in [0.29, 0.717) is 0 Å². The number of hydrogen-bond donors (Lipinski definition) is 1. The molecule has 0 bridgehead atoms. The summed E-state index contributed by atoms with van der Waals surface area (Å²) >= 11 is 0. The van der Waals surface area contributed by atoms with Crippen molar-refractivity contribution in [1.82, 2.24) is 19.9 Å². The first-order valence-corrected chi connectivity index (χ1v) is 8.15. The lowest BCUT2D eigenvalue weighted by Gasteiger charge is -2.18. The van der Waals surface area contributed by atoms with Crippen molar-refractivity contribution < 1.29 is 14.3 Å². The highest BCUT2D eigenvalue weighted by atomic mass is 16.5. The van der Waals surface area contributed by atoms with Gasteiger partial charge in [0.1, 0.15) is 0 Å². The number of esters is 1. The Morgan fingerprint density at radius 1 is 1.36 bits per heavy atom. The average Bonchev–Trinajstić information content (AvgIpc) is 3.24. The quantitative estimate of drug-likeness (QED) is 0.827. The van der Waals surface area contributed by atoms with Gasteiger partial charge in [0.25, 0.3) is 0 Å². The highest BCUT2D eigenvalue weighted by Gasteiger charge is 2.26. The van der Waals surface area contributed by atoms with Crippen LogP contribution in [0.3, 0.4) is 0 Å². The summed E-state index contributed by atoms with van der Waals surface area (Å²) in [5.74, 6) is -0.560. The van der Waals surface area contributed by atoms with E-state index in [1.165, 1.54) is 14.0 Å². The largest absolute Gasteiger partial charge is 0.464 e. The van der Waals surface area contributed by atoms with Gasteiger partial charge in [-0.3, -0.25) is 9.69 Å². The summed E-state index contributed by atoms with van der Waals surface area (Å²) in [5.41, 5.74) is 2.14. The van der Waals surface area contributed by atoms with E-state index in [-0.39, 0.29) is 17.6 Å². The third-order valence-electron chi connectivity index (χ3n) is 4.25. The second-order valence-electron chi connectivity index (χ2n) is 6.09. The molecule has 1 saturated heterocycles. The molecule has 8 heteroatoms. The van der Waals surface area contributed by atoms with Crippen molar-refractivity contribution in [2.45, 2.75) is 25.9 Å². The Morgan fingerprint density at radius 3 is 2.92 bits per heavy atom. The summed E-state index contributed by atoms with van der Waals surface area (Å²) < 4.78 is 6.39. The SMILES string of the molecule is COC(=O)c1cn(C2CCN(Cc3ccccc3NC(C)=O)C2)nn1. The van der Waals surface area contributed by atoms with Gasteiger partial charge in [-0.15, -0.1) is 5.10 Å². The molecule has 25 heavy (non-hydrogen) atoms. The van der Waals surface area contributed by atoms with E-state index in [9.17, 15) is 9.59 Å². The number of likely N-dealkylation sites (tertiary alicyclic amines) is 1. The zero-order valence-corrected chi connectivity index (χ0v) is 14.3. The fraction of sp³-hybridized carbons (Fsp3) is 0.412. The van der Waals surface area contributed by atoms with Gasteiger partial charge in [-0.05, 0) is 18.1 Å². The summed E-state index contributed by atoms with van der Waals surface area (Å²) in [6.45, 7) is 3.96. The molecule has 1 N–H and O–H groups in total. The highest BCUT2D eigenvalue weighted by molar-refractivity contribution is 5.89. The maximum Gasteiger partial charge on any atom is 0.360 e. The standard InChI is InChI=1S/C17H21N5O3/c1-12(23)18-15-6-4-3-5-13(15)9-21-8-7-14(10-21)22-11-16(19-20-22)17(24)25-2/h3-6,11,14H,7-10H2,1-2H3,(H,18,23). The van der Waals surface area contributed by atoms with Crippen molar-refractivity contribution in [1.29, 1.82) is 0 Å².